The van der Waals surface area contributed by atoms with E-state index in [0.29, 0.717) is 23.9 Å². The van der Waals surface area contributed by atoms with Crippen molar-refractivity contribution in [2.45, 2.75) is 19.0 Å². The number of halogens is 2. The summed E-state index contributed by atoms with van der Waals surface area (Å²) in [6, 6.07) is 12.2. The number of hydrogen-bond acceptors (Lipinski definition) is 3. The van der Waals surface area contributed by atoms with Gasteiger partial charge in [-0.2, -0.15) is 0 Å². The second-order valence-electron chi connectivity index (χ2n) is 5.53. The van der Waals surface area contributed by atoms with Gasteiger partial charge in [0, 0.05) is 17.5 Å². The van der Waals surface area contributed by atoms with Crippen LogP contribution in [0, 0.1) is 5.82 Å². The van der Waals surface area contributed by atoms with Gasteiger partial charge in [0.25, 0.3) is 0 Å². The maximum atomic E-state index is 13.4. The van der Waals surface area contributed by atoms with Crippen molar-refractivity contribution in [3.8, 4) is 11.5 Å². The fourth-order valence-corrected chi connectivity index (χ4v) is 2.76. The molecule has 1 aliphatic rings. The predicted molar refractivity (Wildman–Crippen MR) is 106 cm³/mol. The lowest BCUT2D eigenvalue weighted by atomic mass is 10.0. The van der Waals surface area contributed by atoms with Crippen LogP contribution in [-0.4, -0.2) is 19.7 Å². The van der Waals surface area contributed by atoms with Gasteiger partial charge in [0.1, 0.15) is 17.3 Å². The van der Waals surface area contributed by atoms with Crippen molar-refractivity contribution in [2.75, 3.05) is 13.7 Å². The van der Waals surface area contributed by atoms with Crippen molar-refractivity contribution >= 4 is 29.9 Å². The standard InChI is InChI=1S/C18H20FN3O2.HI/c1-23-16-7-6-13(19)10-12(16)11-21-18(20)22-15-8-9-24-17-5-3-2-4-14(15)17;/h2-7,10,15H,8-9,11H2,1H3,(H3,20,21,22);1H. The maximum Gasteiger partial charge on any atom is 0.189 e. The van der Waals surface area contributed by atoms with Gasteiger partial charge in [-0.05, 0) is 24.3 Å². The van der Waals surface area contributed by atoms with Gasteiger partial charge in [-0.3, -0.25) is 0 Å². The van der Waals surface area contributed by atoms with Gasteiger partial charge in [-0.25, -0.2) is 9.38 Å². The Morgan fingerprint density at radius 2 is 2.16 bits per heavy atom. The van der Waals surface area contributed by atoms with E-state index in [9.17, 15) is 4.39 Å². The van der Waals surface area contributed by atoms with Crippen molar-refractivity contribution in [3.63, 3.8) is 0 Å². The number of fused-ring (bicyclic) bond motifs is 1. The van der Waals surface area contributed by atoms with Crippen LogP contribution in [0.5, 0.6) is 11.5 Å². The summed E-state index contributed by atoms with van der Waals surface area (Å²) in [5.74, 6) is 1.43. The SMILES string of the molecule is COc1ccc(F)cc1CN=C(N)NC1CCOc2ccccc21.I. The second-order valence-corrected chi connectivity index (χ2v) is 5.53. The van der Waals surface area contributed by atoms with E-state index in [1.165, 1.54) is 12.1 Å². The summed E-state index contributed by atoms with van der Waals surface area (Å²) in [5, 5.41) is 3.21. The molecule has 0 saturated carbocycles. The number of methoxy groups -OCH3 is 1. The largest absolute Gasteiger partial charge is 0.496 e. The molecule has 2 aromatic carbocycles. The summed E-state index contributed by atoms with van der Waals surface area (Å²) < 4.78 is 24.2. The van der Waals surface area contributed by atoms with Crippen LogP contribution in [0.3, 0.4) is 0 Å². The Morgan fingerprint density at radius 3 is 2.96 bits per heavy atom. The average molecular weight is 457 g/mol. The fraction of sp³-hybridized carbons (Fsp3) is 0.278. The molecule has 0 aliphatic carbocycles. The molecule has 0 bridgehead atoms. The van der Waals surface area contributed by atoms with Crippen LogP contribution >= 0.6 is 24.0 Å². The van der Waals surface area contributed by atoms with Crippen molar-refractivity contribution < 1.29 is 13.9 Å². The summed E-state index contributed by atoms with van der Waals surface area (Å²) in [5.41, 5.74) is 7.71. The molecule has 2 aromatic rings. The normalized spacial score (nSPS) is 16.2. The van der Waals surface area contributed by atoms with Crippen LogP contribution in [0.4, 0.5) is 4.39 Å². The zero-order chi connectivity index (χ0) is 16.9. The molecule has 0 radical (unpaired) electrons. The highest BCUT2D eigenvalue weighted by atomic mass is 127. The summed E-state index contributed by atoms with van der Waals surface area (Å²) in [4.78, 5) is 4.31. The highest BCUT2D eigenvalue weighted by Crippen LogP contribution is 2.31. The minimum absolute atomic E-state index is 0. The molecule has 0 aromatic heterocycles. The Kier molecular flexibility index (Phi) is 6.86. The number of rotatable bonds is 4. The Morgan fingerprint density at radius 1 is 1.36 bits per heavy atom. The van der Waals surface area contributed by atoms with Crippen LogP contribution in [0.1, 0.15) is 23.6 Å². The first kappa shape index (κ1) is 19.3. The molecule has 3 N–H and O–H groups in total. The van der Waals surface area contributed by atoms with Crippen molar-refractivity contribution in [3.05, 3.63) is 59.4 Å². The van der Waals surface area contributed by atoms with E-state index in [0.717, 1.165) is 17.7 Å². The quantitative estimate of drug-likeness (QED) is 0.420. The van der Waals surface area contributed by atoms with Gasteiger partial charge >= 0.3 is 0 Å². The van der Waals surface area contributed by atoms with Gasteiger partial charge < -0.3 is 20.5 Å². The molecular formula is C18H21FIN3O2. The van der Waals surface area contributed by atoms with Gasteiger partial charge in [0.2, 0.25) is 0 Å². The van der Waals surface area contributed by atoms with Gasteiger partial charge in [0.05, 0.1) is 26.3 Å². The van der Waals surface area contributed by atoms with E-state index in [4.69, 9.17) is 15.2 Å². The molecular weight excluding hydrogens is 436 g/mol. The van der Waals surface area contributed by atoms with Gasteiger partial charge in [-0.15, -0.1) is 24.0 Å². The van der Waals surface area contributed by atoms with Crippen molar-refractivity contribution in [1.82, 2.24) is 5.32 Å². The number of benzene rings is 2. The molecule has 0 spiro atoms. The van der Waals surface area contributed by atoms with E-state index in [1.54, 1.807) is 13.2 Å². The van der Waals surface area contributed by atoms with Gasteiger partial charge in [0.15, 0.2) is 5.96 Å². The lowest BCUT2D eigenvalue weighted by Crippen LogP contribution is -2.37. The van der Waals surface area contributed by atoms with E-state index in [1.807, 2.05) is 24.3 Å². The number of nitrogens with one attached hydrogen (secondary N) is 1. The topological polar surface area (TPSA) is 68.9 Å². The Balaban J connectivity index is 0.00000225. The summed E-state index contributed by atoms with van der Waals surface area (Å²) >= 11 is 0. The molecule has 7 heteroatoms. The zero-order valence-corrected chi connectivity index (χ0v) is 16.2. The molecule has 1 atom stereocenters. The van der Waals surface area contributed by atoms with E-state index in [-0.39, 0.29) is 42.4 Å². The third kappa shape index (κ3) is 4.75. The fourth-order valence-electron chi connectivity index (χ4n) is 2.76. The summed E-state index contributed by atoms with van der Waals surface area (Å²) in [6.07, 6.45) is 0.802. The van der Waals surface area contributed by atoms with Crippen LogP contribution in [0.25, 0.3) is 0 Å². The minimum Gasteiger partial charge on any atom is -0.496 e. The summed E-state index contributed by atoms with van der Waals surface area (Å²) in [6.45, 7) is 0.865. The Labute approximate surface area is 163 Å². The lowest BCUT2D eigenvalue weighted by molar-refractivity contribution is 0.262. The second kappa shape index (κ2) is 8.89. The highest BCUT2D eigenvalue weighted by molar-refractivity contribution is 14.0. The van der Waals surface area contributed by atoms with E-state index in [2.05, 4.69) is 10.3 Å². The monoisotopic (exact) mass is 457 g/mol. The predicted octanol–water partition coefficient (Wildman–Crippen LogP) is 3.38. The van der Waals surface area contributed by atoms with E-state index < -0.39 is 0 Å². The Bertz CT molecular complexity index is 755. The third-order valence-corrected chi connectivity index (χ3v) is 3.94. The number of para-hydroxylation sites is 1. The first-order valence-corrected chi connectivity index (χ1v) is 7.78. The van der Waals surface area contributed by atoms with E-state index >= 15 is 0 Å². The number of aliphatic imine (C=N–C) groups is 1. The minimum atomic E-state index is -0.328. The van der Waals surface area contributed by atoms with Crippen LogP contribution in [0.2, 0.25) is 0 Å². The first-order chi connectivity index (χ1) is 11.7. The third-order valence-electron chi connectivity index (χ3n) is 3.94. The molecule has 25 heavy (non-hydrogen) atoms. The molecule has 134 valence electrons. The van der Waals surface area contributed by atoms with Crippen molar-refractivity contribution in [2.24, 2.45) is 10.7 Å². The molecule has 0 amide bonds. The molecule has 1 aliphatic heterocycles. The smallest absolute Gasteiger partial charge is 0.189 e. The van der Waals surface area contributed by atoms with Crippen LogP contribution in [0.15, 0.2) is 47.5 Å². The maximum absolute atomic E-state index is 13.4. The first-order valence-electron chi connectivity index (χ1n) is 7.78. The zero-order valence-electron chi connectivity index (χ0n) is 13.9. The summed E-state index contributed by atoms with van der Waals surface area (Å²) in [7, 11) is 1.54. The number of guanidine groups is 1. The number of hydrogen-bond donors (Lipinski definition) is 2. The van der Waals surface area contributed by atoms with Crippen LogP contribution in [-0.2, 0) is 6.54 Å². The number of nitrogens with zero attached hydrogens (tertiary/aromatic N) is 1. The highest BCUT2D eigenvalue weighted by Gasteiger charge is 2.21. The molecule has 0 saturated heterocycles. The lowest BCUT2D eigenvalue weighted by Gasteiger charge is -2.26. The Hall–Kier alpha value is -2.03. The molecule has 0 fully saturated rings. The average Bonchev–Trinajstić information content (AvgIpc) is 2.60. The number of nitrogens with two attached hydrogens (primary N) is 1. The van der Waals surface area contributed by atoms with Crippen LogP contribution < -0.4 is 20.5 Å². The molecule has 1 unspecified atom stereocenters. The molecule has 5 nitrogen and oxygen atoms in total. The van der Waals surface area contributed by atoms with Crippen molar-refractivity contribution in [1.29, 1.82) is 0 Å². The molecule has 3 rings (SSSR count). The number of ether oxygens (including phenoxy) is 2. The van der Waals surface area contributed by atoms with Gasteiger partial charge in [-0.1, -0.05) is 18.2 Å². The molecule has 1 heterocycles.